The fraction of sp³-hybridized carbons (Fsp3) is 0.875. The standard InChI is InChI=1S/C16H34N4O2/c1-8-9-10-18-14(17-6)19-11-13(2)12-20(7)15(21)22-16(3,4)5/h13H,8-12H2,1-7H3,(H2,17,18,19). The largest absolute Gasteiger partial charge is 0.444 e. The molecule has 22 heavy (non-hydrogen) atoms. The number of nitrogens with zero attached hydrogens (tertiary/aromatic N) is 2. The van der Waals surface area contributed by atoms with Crippen LogP contribution < -0.4 is 10.6 Å². The number of amides is 1. The molecule has 0 saturated carbocycles. The normalized spacial score (nSPS) is 13.5. The van der Waals surface area contributed by atoms with E-state index < -0.39 is 5.60 Å². The summed E-state index contributed by atoms with van der Waals surface area (Å²) in [5.74, 6) is 1.10. The molecule has 1 amide bonds. The summed E-state index contributed by atoms with van der Waals surface area (Å²) in [6, 6.07) is 0. The van der Waals surface area contributed by atoms with Crippen molar-refractivity contribution in [2.24, 2.45) is 10.9 Å². The van der Waals surface area contributed by atoms with Crippen LogP contribution in [-0.2, 0) is 4.74 Å². The van der Waals surface area contributed by atoms with Crippen LogP contribution >= 0.6 is 0 Å². The van der Waals surface area contributed by atoms with E-state index in [-0.39, 0.29) is 6.09 Å². The van der Waals surface area contributed by atoms with E-state index in [0.717, 1.165) is 31.9 Å². The van der Waals surface area contributed by atoms with Crippen LogP contribution in [0.5, 0.6) is 0 Å². The van der Waals surface area contributed by atoms with E-state index >= 15 is 0 Å². The monoisotopic (exact) mass is 314 g/mol. The second kappa shape index (κ2) is 10.3. The number of hydrogen-bond acceptors (Lipinski definition) is 3. The van der Waals surface area contributed by atoms with Gasteiger partial charge in [-0.2, -0.15) is 0 Å². The number of carbonyl (C=O) groups is 1. The molecular weight excluding hydrogens is 280 g/mol. The van der Waals surface area contributed by atoms with Gasteiger partial charge in [-0.25, -0.2) is 4.79 Å². The van der Waals surface area contributed by atoms with Gasteiger partial charge in [0.15, 0.2) is 5.96 Å². The Hall–Kier alpha value is -1.46. The van der Waals surface area contributed by atoms with Crippen molar-refractivity contribution in [3.8, 4) is 0 Å². The van der Waals surface area contributed by atoms with Crippen molar-refractivity contribution < 1.29 is 9.53 Å². The van der Waals surface area contributed by atoms with Gasteiger partial charge in [0.05, 0.1) is 0 Å². The Balaban J connectivity index is 4.11. The minimum Gasteiger partial charge on any atom is -0.444 e. The zero-order valence-electron chi connectivity index (χ0n) is 15.3. The Kier molecular flexibility index (Phi) is 9.61. The first-order valence-electron chi connectivity index (χ1n) is 8.08. The molecule has 2 N–H and O–H groups in total. The number of guanidine groups is 1. The molecule has 6 nitrogen and oxygen atoms in total. The van der Waals surface area contributed by atoms with Gasteiger partial charge in [0.2, 0.25) is 0 Å². The third-order valence-corrected chi connectivity index (χ3v) is 2.96. The lowest BCUT2D eigenvalue weighted by atomic mass is 10.1. The molecule has 0 aromatic heterocycles. The van der Waals surface area contributed by atoms with E-state index in [0.29, 0.717) is 12.5 Å². The molecule has 0 rings (SSSR count). The Morgan fingerprint density at radius 1 is 1.32 bits per heavy atom. The highest BCUT2D eigenvalue weighted by atomic mass is 16.6. The van der Waals surface area contributed by atoms with Crippen LogP contribution in [0.25, 0.3) is 0 Å². The fourth-order valence-electron chi connectivity index (χ4n) is 1.82. The van der Waals surface area contributed by atoms with Crippen molar-refractivity contribution in [2.75, 3.05) is 33.7 Å². The van der Waals surface area contributed by atoms with Gasteiger partial charge < -0.3 is 20.3 Å². The topological polar surface area (TPSA) is 66.0 Å². The van der Waals surface area contributed by atoms with Gasteiger partial charge in [-0.1, -0.05) is 20.3 Å². The molecule has 1 unspecified atom stereocenters. The van der Waals surface area contributed by atoms with Gasteiger partial charge >= 0.3 is 6.09 Å². The molecule has 0 fully saturated rings. The molecule has 0 saturated heterocycles. The van der Waals surface area contributed by atoms with E-state index in [4.69, 9.17) is 4.74 Å². The van der Waals surface area contributed by atoms with Gasteiger partial charge in [-0.15, -0.1) is 0 Å². The Bertz CT molecular complexity index is 351. The van der Waals surface area contributed by atoms with Crippen molar-refractivity contribution in [3.63, 3.8) is 0 Å². The lowest BCUT2D eigenvalue weighted by molar-refractivity contribution is 0.0278. The Morgan fingerprint density at radius 2 is 1.95 bits per heavy atom. The lowest BCUT2D eigenvalue weighted by Gasteiger charge is -2.26. The summed E-state index contributed by atoms with van der Waals surface area (Å²) >= 11 is 0. The molecule has 0 aromatic rings. The van der Waals surface area contributed by atoms with E-state index in [2.05, 4.69) is 29.5 Å². The second-order valence-electron chi connectivity index (χ2n) is 6.70. The van der Waals surface area contributed by atoms with Crippen LogP contribution in [0.1, 0.15) is 47.5 Å². The van der Waals surface area contributed by atoms with Gasteiger partial charge in [-0.05, 0) is 33.1 Å². The third kappa shape index (κ3) is 10.3. The maximum Gasteiger partial charge on any atom is 0.410 e. The quantitative estimate of drug-likeness (QED) is 0.430. The van der Waals surface area contributed by atoms with Gasteiger partial charge in [0, 0.05) is 33.7 Å². The van der Waals surface area contributed by atoms with Crippen LogP contribution in [-0.4, -0.2) is 56.3 Å². The number of hydrogen-bond donors (Lipinski definition) is 2. The molecule has 0 aliphatic carbocycles. The van der Waals surface area contributed by atoms with E-state index in [9.17, 15) is 4.79 Å². The molecule has 0 aromatic carbocycles. The Labute approximate surface area is 135 Å². The number of nitrogens with one attached hydrogen (secondary N) is 2. The average molecular weight is 314 g/mol. The van der Waals surface area contributed by atoms with E-state index in [1.54, 1.807) is 19.0 Å². The summed E-state index contributed by atoms with van der Waals surface area (Å²) in [7, 11) is 3.53. The molecule has 6 heteroatoms. The molecule has 0 aliphatic heterocycles. The lowest BCUT2D eigenvalue weighted by Crippen LogP contribution is -2.43. The zero-order chi connectivity index (χ0) is 17.2. The van der Waals surface area contributed by atoms with Crippen LogP contribution in [0.15, 0.2) is 4.99 Å². The molecule has 0 bridgehead atoms. The third-order valence-electron chi connectivity index (χ3n) is 2.96. The molecule has 0 radical (unpaired) electrons. The highest BCUT2D eigenvalue weighted by Gasteiger charge is 2.20. The minimum atomic E-state index is -0.460. The average Bonchev–Trinajstić information content (AvgIpc) is 2.40. The van der Waals surface area contributed by atoms with Crippen LogP contribution in [0, 0.1) is 5.92 Å². The molecule has 130 valence electrons. The summed E-state index contributed by atoms with van der Waals surface area (Å²) in [6.07, 6.45) is 1.99. The van der Waals surface area contributed by atoms with Crippen LogP contribution in [0.4, 0.5) is 4.79 Å². The predicted molar refractivity (Wildman–Crippen MR) is 92.3 cm³/mol. The number of carbonyl (C=O) groups excluding carboxylic acids is 1. The van der Waals surface area contributed by atoms with E-state index in [1.807, 2.05) is 20.8 Å². The van der Waals surface area contributed by atoms with E-state index in [1.165, 1.54) is 0 Å². The molecule has 1 atom stereocenters. The number of aliphatic imine (C=N–C) groups is 1. The zero-order valence-corrected chi connectivity index (χ0v) is 15.3. The maximum atomic E-state index is 11.9. The summed E-state index contributed by atoms with van der Waals surface area (Å²) in [5.41, 5.74) is -0.460. The van der Waals surface area contributed by atoms with Crippen molar-refractivity contribution in [2.45, 2.75) is 53.1 Å². The van der Waals surface area contributed by atoms with Gasteiger partial charge in [0.25, 0.3) is 0 Å². The van der Waals surface area contributed by atoms with Crippen LogP contribution in [0.2, 0.25) is 0 Å². The van der Waals surface area contributed by atoms with Gasteiger partial charge in [-0.3, -0.25) is 4.99 Å². The molecule has 0 aliphatic rings. The number of unbranched alkanes of at least 4 members (excludes halogenated alkanes) is 1. The van der Waals surface area contributed by atoms with Crippen molar-refractivity contribution in [1.82, 2.24) is 15.5 Å². The van der Waals surface area contributed by atoms with Gasteiger partial charge in [0.1, 0.15) is 5.60 Å². The minimum absolute atomic E-state index is 0.287. The Morgan fingerprint density at radius 3 is 2.45 bits per heavy atom. The summed E-state index contributed by atoms with van der Waals surface area (Å²) < 4.78 is 5.34. The predicted octanol–water partition coefficient (Wildman–Crippen LogP) is 2.45. The molecule has 0 spiro atoms. The highest BCUT2D eigenvalue weighted by Crippen LogP contribution is 2.10. The van der Waals surface area contributed by atoms with Crippen molar-refractivity contribution in [3.05, 3.63) is 0 Å². The first kappa shape index (κ1) is 20.5. The number of rotatable bonds is 7. The first-order chi connectivity index (χ1) is 10.2. The first-order valence-corrected chi connectivity index (χ1v) is 8.08. The fourth-order valence-corrected chi connectivity index (χ4v) is 1.82. The molecule has 0 heterocycles. The molecular formula is C16H34N4O2. The maximum absolute atomic E-state index is 11.9. The SMILES string of the molecule is CCCCNC(=NC)NCC(C)CN(C)C(=O)OC(C)(C)C. The van der Waals surface area contributed by atoms with Crippen molar-refractivity contribution >= 4 is 12.1 Å². The van der Waals surface area contributed by atoms with Crippen molar-refractivity contribution in [1.29, 1.82) is 0 Å². The second-order valence-corrected chi connectivity index (χ2v) is 6.70. The smallest absolute Gasteiger partial charge is 0.410 e. The van der Waals surface area contributed by atoms with Crippen LogP contribution in [0.3, 0.4) is 0 Å². The summed E-state index contributed by atoms with van der Waals surface area (Å²) in [4.78, 5) is 17.7. The highest BCUT2D eigenvalue weighted by molar-refractivity contribution is 5.79. The summed E-state index contributed by atoms with van der Waals surface area (Å²) in [6.45, 7) is 12.2. The number of ether oxygens (including phenoxy) is 1. The summed E-state index contributed by atoms with van der Waals surface area (Å²) in [5, 5.41) is 6.55.